The van der Waals surface area contributed by atoms with E-state index in [1.165, 1.54) is 30.4 Å². The largest absolute Gasteiger partial charge is 0.481 e. The predicted molar refractivity (Wildman–Crippen MR) is 81.2 cm³/mol. The lowest BCUT2D eigenvalue weighted by Crippen LogP contribution is -2.03. The monoisotopic (exact) mass is 284 g/mol. The van der Waals surface area contributed by atoms with Gasteiger partial charge in [0.15, 0.2) is 0 Å². The van der Waals surface area contributed by atoms with E-state index in [1.807, 2.05) is 13.2 Å². The van der Waals surface area contributed by atoms with Crippen LogP contribution in [0.3, 0.4) is 0 Å². The molecule has 3 rings (SSSR count). The Morgan fingerprint density at radius 1 is 1.29 bits per heavy atom. The van der Waals surface area contributed by atoms with Crippen LogP contribution in [0.25, 0.3) is 11.3 Å². The van der Waals surface area contributed by atoms with Crippen molar-refractivity contribution in [3.8, 4) is 11.3 Å². The third kappa shape index (κ3) is 2.99. The molecule has 0 aliphatic heterocycles. The van der Waals surface area contributed by atoms with Crippen LogP contribution in [0.5, 0.6) is 0 Å². The molecule has 0 unspecified atom stereocenters. The highest BCUT2D eigenvalue weighted by molar-refractivity contribution is 5.69. The molecule has 4 heteroatoms. The molecule has 1 aliphatic rings. The van der Waals surface area contributed by atoms with Crippen molar-refractivity contribution in [3.05, 3.63) is 41.1 Å². The van der Waals surface area contributed by atoms with Crippen LogP contribution < -0.4 is 0 Å². The van der Waals surface area contributed by atoms with E-state index in [4.69, 9.17) is 5.11 Å². The van der Waals surface area contributed by atoms with E-state index < -0.39 is 5.97 Å². The predicted octanol–water partition coefficient (Wildman–Crippen LogP) is 2.98. The van der Waals surface area contributed by atoms with Crippen LogP contribution in [-0.4, -0.2) is 20.9 Å². The molecule has 0 bridgehead atoms. The summed E-state index contributed by atoms with van der Waals surface area (Å²) in [7, 11) is 1.88. The van der Waals surface area contributed by atoms with E-state index in [0.29, 0.717) is 6.42 Å². The minimum Gasteiger partial charge on any atom is -0.481 e. The van der Waals surface area contributed by atoms with Crippen LogP contribution in [0.1, 0.15) is 36.0 Å². The van der Waals surface area contributed by atoms with Gasteiger partial charge in [0.2, 0.25) is 0 Å². The Kier molecular flexibility index (Phi) is 3.78. The first-order valence-electron chi connectivity index (χ1n) is 7.50. The van der Waals surface area contributed by atoms with Gasteiger partial charge in [-0.25, -0.2) is 0 Å². The summed E-state index contributed by atoms with van der Waals surface area (Å²) >= 11 is 0. The number of benzene rings is 1. The van der Waals surface area contributed by atoms with Gasteiger partial charge in [0, 0.05) is 25.2 Å². The van der Waals surface area contributed by atoms with Gasteiger partial charge >= 0.3 is 5.97 Å². The molecule has 1 aromatic carbocycles. The van der Waals surface area contributed by atoms with Gasteiger partial charge in [-0.05, 0) is 54.9 Å². The smallest absolute Gasteiger partial charge is 0.303 e. The average Bonchev–Trinajstić information content (AvgIpc) is 2.85. The summed E-state index contributed by atoms with van der Waals surface area (Å²) in [5.74, 6) is -0.768. The van der Waals surface area contributed by atoms with Crippen molar-refractivity contribution in [1.82, 2.24) is 9.78 Å². The number of carboxylic acid groups (broad SMARTS) is 1. The summed E-state index contributed by atoms with van der Waals surface area (Å²) in [6, 6.07) is 6.57. The van der Waals surface area contributed by atoms with Gasteiger partial charge in [-0.1, -0.05) is 12.1 Å². The second-order valence-electron chi connectivity index (χ2n) is 5.76. The first kappa shape index (κ1) is 13.9. The minimum absolute atomic E-state index is 0.142. The van der Waals surface area contributed by atoms with Crippen LogP contribution in [0.4, 0.5) is 0 Å². The topological polar surface area (TPSA) is 55.1 Å². The van der Waals surface area contributed by atoms with Crippen LogP contribution in [0.15, 0.2) is 24.4 Å². The molecule has 1 aromatic heterocycles. The van der Waals surface area contributed by atoms with Crippen molar-refractivity contribution in [2.45, 2.75) is 38.5 Å². The van der Waals surface area contributed by atoms with Crippen molar-refractivity contribution >= 4 is 5.97 Å². The molecular weight excluding hydrogens is 264 g/mol. The fourth-order valence-electron chi connectivity index (χ4n) is 3.09. The van der Waals surface area contributed by atoms with Gasteiger partial charge in [-0.15, -0.1) is 0 Å². The van der Waals surface area contributed by atoms with Crippen molar-refractivity contribution in [2.24, 2.45) is 7.05 Å². The van der Waals surface area contributed by atoms with Crippen LogP contribution in [0, 0.1) is 0 Å². The fraction of sp³-hybridized carbons (Fsp3) is 0.412. The highest BCUT2D eigenvalue weighted by atomic mass is 16.4. The number of carboxylic acids is 1. The maximum atomic E-state index is 10.8. The SMILES string of the molecule is Cn1cc(CCC(=O)O)c(-c2ccc3c(c2)CCCC3)n1. The molecule has 0 spiro atoms. The molecule has 110 valence electrons. The van der Waals surface area contributed by atoms with Gasteiger partial charge in [-0.3, -0.25) is 9.48 Å². The molecule has 0 saturated carbocycles. The first-order valence-corrected chi connectivity index (χ1v) is 7.50. The van der Waals surface area contributed by atoms with E-state index in [2.05, 4.69) is 23.3 Å². The number of nitrogens with zero attached hydrogens (tertiary/aromatic N) is 2. The summed E-state index contributed by atoms with van der Waals surface area (Å²) < 4.78 is 1.77. The third-order valence-corrected chi connectivity index (χ3v) is 4.13. The maximum Gasteiger partial charge on any atom is 0.303 e. The van der Waals surface area contributed by atoms with Gasteiger partial charge in [0.05, 0.1) is 5.69 Å². The standard InChI is InChI=1S/C17H20N2O2/c1-19-11-15(8-9-16(20)21)17(18-19)14-7-6-12-4-2-3-5-13(12)10-14/h6-7,10-11H,2-5,8-9H2,1H3,(H,20,21). The van der Waals surface area contributed by atoms with Crippen molar-refractivity contribution in [1.29, 1.82) is 0 Å². The van der Waals surface area contributed by atoms with Crippen molar-refractivity contribution < 1.29 is 9.90 Å². The van der Waals surface area contributed by atoms with Gasteiger partial charge in [0.1, 0.15) is 0 Å². The lowest BCUT2D eigenvalue weighted by Gasteiger charge is -2.16. The van der Waals surface area contributed by atoms with Gasteiger partial charge in [0.25, 0.3) is 0 Å². The maximum absolute atomic E-state index is 10.8. The van der Waals surface area contributed by atoms with Gasteiger partial charge in [-0.2, -0.15) is 5.10 Å². The number of hydrogen-bond acceptors (Lipinski definition) is 2. The molecule has 21 heavy (non-hydrogen) atoms. The molecule has 0 amide bonds. The van der Waals surface area contributed by atoms with Crippen LogP contribution in [-0.2, 0) is 31.1 Å². The number of aliphatic carboxylic acids is 1. The highest BCUT2D eigenvalue weighted by Crippen LogP contribution is 2.29. The molecular formula is C17H20N2O2. The molecule has 4 nitrogen and oxygen atoms in total. The van der Waals surface area contributed by atoms with E-state index in [1.54, 1.807) is 4.68 Å². The second kappa shape index (κ2) is 5.72. The fourth-order valence-corrected chi connectivity index (χ4v) is 3.09. The average molecular weight is 284 g/mol. The second-order valence-corrected chi connectivity index (χ2v) is 5.76. The quantitative estimate of drug-likeness (QED) is 0.939. The molecule has 0 saturated heterocycles. The zero-order valence-electron chi connectivity index (χ0n) is 12.3. The van der Waals surface area contributed by atoms with Gasteiger partial charge < -0.3 is 5.11 Å². The molecule has 1 aliphatic carbocycles. The van der Waals surface area contributed by atoms with E-state index in [9.17, 15) is 4.79 Å². The summed E-state index contributed by atoms with van der Waals surface area (Å²) in [5.41, 5.74) is 5.92. The molecule has 0 atom stereocenters. The summed E-state index contributed by atoms with van der Waals surface area (Å²) in [6.45, 7) is 0. The highest BCUT2D eigenvalue weighted by Gasteiger charge is 2.15. The summed E-state index contributed by atoms with van der Waals surface area (Å²) in [5, 5.41) is 13.4. The molecule has 0 radical (unpaired) electrons. The van der Waals surface area contributed by atoms with E-state index >= 15 is 0 Å². The van der Waals surface area contributed by atoms with Crippen molar-refractivity contribution in [3.63, 3.8) is 0 Å². The zero-order valence-corrected chi connectivity index (χ0v) is 12.3. The van der Waals surface area contributed by atoms with E-state index in [0.717, 1.165) is 23.2 Å². The van der Waals surface area contributed by atoms with Crippen LogP contribution in [0.2, 0.25) is 0 Å². The number of aromatic nitrogens is 2. The molecule has 1 N–H and O–H groups in total. The minimum atomic E-state index is -0.768. The Morgan fingerprint density at radius 2 is 2.05 bits per heavy atom. The number of hydrogen-bond donors (Lipinski definition) is 1. The van der Waals surface area contributed by atoms with E-state index in [-0.39, 0.29) is 6.42 Å². The number of aryl methyl sites for hydroxylation is 4. The normalized spacial score (nSPS) is 14.0. The Labute approximate surface area is 124 Å². The zero-order chi connectivity index (χ0) is 14.8. The first-order chi connectivity index (χ1) is 10.1. The number of carbonyl (C=O) groups is 1. The van der Waals surface area contributed by atoms with Crippen molar-refractivity contribution in [2.75, 3.05) is 0 Å². The Morgan fingerprint density at radius 3 is 2.81 bits per heavy atom. The molecule has 1 heterocycles. The third-order valence-electron chi connectivity index (χ3n) is 4.13. The summed E-state index contributed by atoms with van der Waals surface area (Å²) in [4.78, 5) is 10.8. The van der Waals surface area contributed by atoms with Crippen LogP contribution >= 0.6 is 0 Å². The Bertz CT molecular complexity index is 673. The Balaban J connectivity index is 1.94. The molecule has 2 aromatic rings. The summed E-state index contributed by atoms with van der Waals surface area (Å²) in [6.07, 6.45) is 7.44. The lowest BCUT2D eigenvalue weighted by atomic mass is 9.89. The Hall–Kier alpha value is -2.10. The number of fused-ring (bicyclic) bond motifs is 1. The lowest BCUT2D eigenvalue weighted by molar-refractivity contribution is -0.136. The molecule has 0 fully saturated rings. The number of rotatable bonds is 4.